The smallest absolute Gasteiger partial charge is 0.240 e. The Kier molecular flexibility index (Phi) is 3.90. The largest absolute Gasteiger partial charge is 0.338 e. The van der Waals surface area contributed by atoms with E-state index in [1.807, 2.05) is 24.7 Å². The highest BCUT2D eigenvalue weighted by molar-refractivity contribution is 5.64. The predicted octanol–water partition coefficient (Wildman–Crippen LogP) is 2.38. The zero-order valence-corrected chi connectivity index (χ0v) is 14.1. The lowest BCUT2D eigenvalue weighted by molar-refractivity contribution is 0.234. The number of hydrogen-bond donors (Lipinski definition) is 0. The Morgan fingerprint density at radius 3 is 2.67 bits per heavy atom. The highest BCUT2D eigenvalue weighted by Gasteiger charge is 2.23. The molecule has 1 aromatic carbocycles. The summed E-state index contributed by atoms with van der Waals surface area (Å²) in [5, 5.41) is 8.65. The Balaban J connectivity index is 1.57. The lowest BCUT2D eigenvalue weighted by atomic mass is 10.0. The molecule has 4 rings (SSSR count). The third kappa shape index (κ3) is 2.85. The van der Waals surface area contributed by atoms with Crippen molar-refractivity contribution in [2.45, 2.75) is 26.3 Å². The summed E-state index contributed by atoms with van der Waals surface area (Å²) in [6.45, 7) is 4.51. The molecule has 0 fully saturated rings. The van der Waals surface area contributed by atoms with Crippen molar-refractivity contribution in [3.05, 3.63) is 53.3 Å². The highest BCUT2D eigenvalue weighted by Crippen LogP contribution is 2.28. The molecule has 0 amide bonds. The summed E-state index contributed by atoms with van der Waals surface area (Å²) in [4.78, 5) is 6.69. The molecule has 1 aliphatic rings. The van der Waals surface area contributed by atoms with Gasteiger partial charge in [0.2, 0.25) is 5.89 Å². The van der Waals surface area contributed by atoms with Crippen molar-refractivity contribution in [1.29, 1.82) is 0 Å². The molecule has 0 aliphatic carbocycles. The quantitative estimate of drug-likeness (QED) is 0.740. The molecule has 124 valence electrons. The summed E-state index contributed by atoms with van der Waals surface area (Å²) < 4.78 is 7.30. The fourth-order valence-corrected chi connectivity index (χ4v) is 3.41. The molecule has 0 saturated carbocycles. The van der Waals surface area contributed by atoms with Crippen LogP contribution in [0.3, 0.4) is 0 Å². The minimum Gasteiger partial charge on any atom is -0.338 e. The maximum absolute atomic E-state index is 5.26. The van der Waals surface area contributed by atoms with E-state index in [2.05, 4.69) is 39.3 Å². The van der Waals surface area contributed by atoms with Gasteiger partial charge in [-0.15, -0.1) is 0 Å². The van der Waals surface area contributed by atoms with Crippen molar-refractivity contribution < 1.29 is 4.52 Å². The molecule has 3 heterocycles. The highest BCUT2D eigenvalue weighted by atomic mass is 16.5. The molecular weight excluding hydrogens is 302 g/mol. The molecule has 0 unspecified atom stereocenters. The lowest BCUT2D eigenvalue weighted by Gasteiger charge is -2.17. The molecule has 2 aromatic heterocycles. The number of fused-ring (bicyclic) bond motifs is 1. The van der Waals surface area contributed by atoms with Gasteiger partial charge in [0.25, 0.3) is 0 Å². The van der Waals surface area contributed by atoms with Crippen molar-refractivity contribution in [3.8, 4) is 11.3 Å². The van der Waals surface area contributed by atoms with Gasteiger partial charge in [0.05, 0.1) is 12.2 Å². The molecule has 1 aliphatic heterocycles. The molecule has 0 atom stereocenters. The molecule has 3 aromatic rings. The number of aryl methyl sites for hydroxylation is 2. The SMILES string of the molecule is Cc1noc(CN2CCc3c(-c4ccccc4)nn(C)c3CC2)n1. The van der Waals surface area contributed by atoms with Gasteiger partial charge in [-0.3, -0.25) is 9.58 Å². The van der Waals surface area contributed by atoms with E-state index < -0.39 is 0 Å². The summed E-state index contributed by atoms with van der Waals surface area (Å²) in [5.41, 5.74) is 5.00. The van der Waals surface area contributed by atoms with Crippen LogP contribution in [0.25, 0.3) is 11.3 Å². The van der Waals surface area contributed by atoms with Gasteiger partial charge in [-0.05, 0) is 13.3 Å². The van der Waals surface area contributed by atoms with E-state index in [9.17, 15) is 0 Å². The summed E-state index contributed by atoms with van der Waals surface area (Å²) in [6, 6.07) is 10.4. The van der Waals surface area contributed by atoms with E-state index in [1.165, 1.54) is 16.8 Å². The molecule has 0 N–H and O–H groups in total. The third-order valence-corrected chi connectivity index (χ3v) is 4.59. The van der Waals surface area contributed by atoms with E-state index >= 15 is 0 Å². The van der Waals surface area contributed by atoms with Crippen LogP contribution in [0.15, 0.2) is 34.9 Å². The van der Waals surface area contributed by atoms with Gasteiger partial charge in [-0.1, -0.05) is 35.5 Å². The van der Waals surface area contributed by atoms with E-state index in [-0.39, 0.29) is 0 Å². The van der Waals surface area contributed by atoms with E-state index in [1.54, 1.807) is 0 Å². The van der Waals surface area contributed by atoms with Crippen LogP contribution in [0.1, 0.15) is 23.0 Å². The molecule has 6 heteroatoms. The van der Waals surface area contributed by atoms with Gasteiger partial charge in [-0.2, -0.15) is 10.1 Å². The van der Waals surface area contributed by atoms with E-state index in [0.717, 1.165) is 31.6 Å². The van der Waals surface area contributed by atoms with Crippen molar-refractivity contribution >= 4 is 0 Å². The zero-order valence-electron chi connectivity index (χ0n) is 14.1. The molecular formula is C18H21N5O. The first-order valence-electron chi connectivity index (χ1n) is 8.32. The predicted molar refractivity (Wildman–Crippen MR) is 90.4 cm³/mol. The summed E-state index contributed by atoms with van der Waals surface area (Å²) >= 11 is 0. The first-order valence-corrected chi connectivity index (χ1v) is 8.32. The Labute approximate surface area is 141 Å². The second-order valence-corrected chi connectivity index (χ2v) is 6.27. The van der Waals surface area contributed by atoms with Crippen LogP contribution in [0.4, 0.5) is 0 Å². The van der Waals surface area contributed by atoms with Crippen LogP contribution >= 0.6 is 0 Å². The fraction of sp³-hybridized carbons (Fsp3) is 0.389. The van der Waals surface area contributed by atoms with Crippen molar-refractivity contribution in [2.24, 2.45) is 7.05 Å². The van der Waals surface area contributed by atoms with Crippen molar-refractivity contribution in [3.63, 3.8) is 0 Å². The fourth-order valence-electron chi connectivity index (χ4n) is 3.41. The summed E-state index contributed by atoms with van der Waals surface area (Å²) in [5.74, 6) is 1.39. The number of hydrogen-bond acceptors (Lipinski definition) is 5. The molecule has 0 spiro atoms. The van der Waals surface area contributed by atoms with Gasteiger partial charge in [0, 0.05) is 43.4 Å². The molecule has 0 saturated heterocycles. The van der Waals surface area contributed by atoms with Gasteiger partial charge >= 0.3 is 0 Å². The lowest BCUT2D eigenvalue weighted by Crippen LogP contribution is -2.26. The Morgan fingerprint density at radius 1 is 1.12 bits per heavy atom. The van der Waals surface area contributed by atoms with Crippen LogP contribution in [0.5, 0.6) is 0 Å². The second-order valence-electron chi connectivity index (χ2n) is 6.27. The topological polar surface area (TPSA) is 60.0 Å². The number of benzene rings is 1. The Hall–Kier alpha value is -2.47. The average molecular weight is 323 g/mol. The van der Waals surface area contributed by atoms with Crippen molar-refractivity contribution in [1.82, 2.24) is 24.8 Å². The maximum Gasteiger partial charge on any atom is 0.240 e. The van der Waals surface area contributed by atoms with Crippen molar-refractivity contribution in [2.75, 3.05) is 13.1 Å². The maximum atomic E-state index is 5.26. The van der Waals surface area contributed by atoms with Crippen LogP contribution < -0.4 is 0 Å². The molecule has 0 bridgehead atoms. The minimum absolute atomic E-state index is 0.693. The van der Waals surface area contributed by atoms with Crippen LogP contribution in [-0.2, 0) is 26.4 Å². The average Bonchev–Trinajstić information content (AvgIpc) is 3.06. The van der Waals surface area contributed by atoms with Crippen LogP contribution in [-0.4, -0.2) is 37.9 Å². The monoisotopic (exact) mass is 323 g/mol. The molecule has 6 nitrogen and oxygen atoms in total. The number of rotatable bonds is 3. The second kappa shape index (κ2) is 6.20. The Bertz CT molecular complexity index is 836. The van der Waals surface area contributed by atoms with Gasteiger partial charge in [0.15, 0.2) is 5.82 Å². The normalized spacial score (nSPS) is 15.2. The van der Waals surface area contributed by atoms with Gasteiger partial charge in [-0.25, -0.2) is 0 Å². The number of aromatic nitrogens is 4. The first-order chi connectivity index (χ1) is 11.7. The van der Waals surface area contributed by atoms with Crippen LogP contribution in [0, 0.1) is 6.92 Å². The van der Waals surface area contributed by atoms with Gasteiger partial charge < -0.3 is 4.52 Å². The van der Waals surface area contributed by atoms with Crippen LogP contribution in [0.2, 0.25) is 0 Å². The third-order valence-electron chi connectivity index (χ3n) is 4.59. The van der Waals surface area contributed by atoms with Gasteiger partial charge in [0.1, 0.15) is 0 Å². The zero-order chi connectivity index (χ0) is 16.5. The number of nitrogens with zero attached hydrogens (tertiary/aromatic N) is 5. The van der Waals surface area contributed by atoms with E-state index in [4.69, 9.17) is 9.62 Å². The summed E-state index contributed by atoms with van der Waals surface area (Å²) in [6.07, 6.45) is 1.97. The Morgan fingerprint density at radius 2 is 1.92 bits per heavy atom. The first kappa shape index (κ1) is 15.1. The standard InChI is InChI=1S/C18H21N5O/c1-13-19-17(24-21-13)12-23-10-8-15-16(9-11-23)22(2)20-18(15)14-6-4-3-5-7-14/h3-7H,8-12H2,1-2H3. The minimum atomic E-state index is 0.693. The molecule has 0 radical (unpaired) electrons. The molecule has 24 heavy (non-hydrogen) atoms. The summed E-state index contributed by atoms with van der Waals surface area (Å²) in [7, 11) is 2.04. The van der Waals surface area contributed by atoms with E-state index in [0.29, 0.717) is 18.3 Å².